The minimum absolute atomic E-state index is 0.0540. The van der Waals surface area contributed by atoms with Gasteiger partial charge >= 0.3 is 5.97 Å². The van der Waals surface area contributed by atoms with Gasteiger partial charge in [-0.2, -0.15) is 0 Å². The molecule has 4 heteroatoms. The minimum Gasteiger partial charge on any atom is -0.432 e. The minimum atomic E-state index is -1.49. The number of nitrogens with two attached hydrogens (primary N) is 1. The van der Waals surface area contributed by atoms with Crippen LogP contribution in [0.5, 0.6) is 0 Å². The molecule has 4 nitrogen and oxygen atoms in total. The van der Waals surface area contributed by atoms with Gasteiger partial charge in [0.25, 0.3) is 0 Å². The van der Waals surface area contributed by atoms with E-state index >= 15 is 0 Å². The van der Waals surface area contributed by atoms with Crippen molar-refractivity contribution in [3.05, 3.63) is 12.2 Å². The summed E-state index contributed by atoms with van der Waals surface area (Å²) < 4.78 is 5.04. The Morgan fingerprint density at radius 1 is 0.885 bits per heavy atom. The quantitative estimate of drug-likeness (QED) is 0.142. The van der Waals surface area contributed by atoms with E-state index in [1.54, 1.807) is 6.92 Å². The summed E-state index contributed by atoms with van der Waals surface area (Å²) in [5, 5.41) is 9.85. The number of esters is 1. The molecule has 0 saturated carbocycles. The zero-order chi connectivity index (χ0) is 19.5. The van der Waals surface area contributed by atoms with Crippen LogP contribution in [0.15, 0.2) is 12.2 Å². The number of rotatable bonds is 18. The van der Waals surface area contributed by atoms with Crippen molar-refractivity contribution in [3.63, 3.8) is 0 Å². The number of carbonyl (C=O) groups is 1. The van der Waals surface area contributed by atoms with Crippen molar-refractivity contribution in [1.29, 1.82) is 0 Å². The van der Waals surface area contributed by atoms with Crippen LogP contribution in [0.4, 0.5) is 0 Å². The smallest absolute Gasteiger partial charge is 0.308 e. The van der Waals surface area contributed by atoms with Gasteiger partial charge in [0.2, 0.25) is 5.79 Å². The van der Waals surface area contributed by atoms with E-state index in [1.165, 1.54) is 57.8 Å². The van der Waals surface area contributed by atoms with Crippen molar-refractivity contribution in [2.24, 2.45) is 5.73 Å². The highest BCUT2D eigenvalue weighted by Crippen LogP contribution is 2.14. The molecule has 0 fully saturated rings. The van der Waals surface area contributed by atoms with Gasteiger partial charge < -0.3 is 15.6 Å². The van der Waals surface area contributed by atoms with Gasteiger partial charge in [0.05, 0.1) is 6.54 Å². The lowest BCUT2D eigenvalue weighted by atomic mass is 10.1. The van der Waals surface area contributed by atoms with Gasteiger partial charge in [-0.3, -0.25) is 4.79 Å². The summed E-state index contributed by atoms with van der Waals surface area (Å²) in [7, 11) is 0. The van der Waals surface area contributed by atoms with Crippen LogP contribution in [-0.4, -0.2) is 23.4 Å². The molecule has 0 aliphatic carbocycles. The highest BCUT2D eigenvalue weighted by Gasteiger charge is 2.27. The van der Waals surface area contributed by atoms with Crippen molar-refractivity contribution in [1.82, 2.24) is 0 Å². The Morgan fingerprint density at radius 2 is 1.38 bits per heavy atom. The average molecular weight is 370 g/mol. The number of carbonyl (C=O) groups excluding carboxylic acids is 1. The van der Waals surface area contributed by atoms with Crippen molar-refractivity contribution in [2.75, 3.05) is 6.54 Å². The maximum Gasteiger partial charge on any atom is 0.308 e. The third-order valence-electron chi connectivity index (χ3n) is 4.82. The molecule has 26 heavy (non-hydrogen) atoms. The standard InChI is InChI=1S/C22H43NO3/c1-3-5-6-7-8-9-10-11-12-13-14-15-16-17-18-19-21(24)26-22(25,4-2)20-23/h11-12,25H,3-10,13-20,23H2,1-2H3. The topological polar surface area (TPSA) is 72.5 Å². The first kappa shape index (κ1) is 25.1. The van der Waals surface area contributed by atoms with E-state index in [1.807, 2.05) is 0 Å². The van der Waals surface area contributed by atoms with Crippen LogP contribution in [0, 0.1) is 0 Å². The molecule has 0 aliphatic heterocycles. The number of hydrogen-bond donors (Lipinski definition) is 2. The summed E-state index contributed by atoms with van der Waals surface area (Å²) in [6.45, 7) is 3.95. The van der Waals surface area contributed by atoms with E-state index < -0.39 is 5.79 Å². The predicted octanol–water partition coefficient (Wildman–Crippen LogP) is 5.62. The summed E-state index contributed by atoms with van der Waals surface area (Å²) in [4.78, 5) is 11.7. The highest BCUT2D eigenvalue weighted by molar-refractivity contribution is 5.69. The molecule has 0 spiro atoms. The monoisotopic (exact) mass is 369 g/mol. The zero-order valence-electron chi connectivity index (χ0n) is 17.3. The fraction of sp³-hybridized carbons (Fsp3) is 0.864. The Balaban J connectivity index is 3.38. The van der Waals surface area contributed by atoms with Gasteiger partial charge in [0.15, 0.2) is 0 Å². The van der Waals surface area contributed by atoms with Crippen molar-refractivity contribution >= 4 is 5.97 Å². The van der Waals surface area contributed by atoms with Gasteiger partial charge in [-0.05, 0) is 32.1 Å². The zero-order valence-corrected chi connectivity index (χ0v) is 17.3. The second-order valence-corrected chi connectivity index (χ2v) is 7.31. The Bertz CT molecular complexity index is 351. The van der Waals surface area contributed by atoms with Crippen LogP contribution in [0.3, 0.4) is 0 Å². The van der Waals surface area contributed by atoms with E-state index in [2.05, 4.69) is 19.1 Å². The molecule has 3 N–H and O–H groups in total. The summed E-state index contributed by atoms with van der Waals surface area (Å²) in [6, 6.07) is 0. The summed E-state index contributed by atoms with van der Waals surface area (Å²) in [5.74, 6) is -1.84. The molecule has 0 heterocycles. The molecule has 0 rings (SSSR count). The van der Waals surface area contributed by atoms with E-state index in [-0.39, 0.29) is 12.5 Å². The Morgan fingerprint density at radius 3 is 1.88 bits per heavy atom. The van der Waals surface area contributed by atoms with Crippen LogP contribution in [0.25, 0.3) is 0 Å². The van der Waals surface area contributed by atoms with Crippen LogP contribution in [0.2, 0.25) is 0 Å². The van der Waals surface area contributed by atoms with E-state index in [9.17, 15) is 9.90 Å². The molecule has 0 aliphatic rings. The lowest BCUT2D eigenvalue weighted by Gasteiger charge is -2.24. The molecule has 0 saturated heterocycles. The van der Waals surface area contributed by atoms with Crippen LogP contribution in [0.1, 0.15) is 110 Å². The molecular weight excluding hydrogens is 326 g/mol. The Kier molecular flexibility index (Phi) is 17.0. The van der Waals surface area contributed by atoms with Crippen LogP contribution in [-0.2, 0) is 9.53 Å². The lowest BCUT2D eigenvalue weighted by molar-refractivity contribution is -0.206. The second kappa shape index (κ2) is 17.5. The number of aliphatic hydroxyl groups is 1. The number of hydrogen-bond acceptors (Lipinski definition) is 4. The van der Waals surface area contributed by atoms with Crippen LogP contribution < -0.4 is 5.73 Å². The molecular formula is C22H43NO3. The van der Waals surface area contributed by atoms with Crippen molar-refractivity contribution in [2.45, 2.75) is 116 Å². The Hall–Kier alpha value is -0.870. The molecule has 0 amide bonds. The molecule has 0 bridgehead atoms. The largest absolute Gasteiger partial charge is 0.432 e. The molecule has 0 radical (unpaired) electrons. The summed E-state index contributed by atoms with van der Waals surface area (Å²) in [6.07, 6.45) is 21.3. The average Bonchev–Trinajstić information content (AvgIpc) is 2.64. The Labute approximate surface area is 161 Å². The number of allylic oxidation sites excluding steroid dienone is 2. The first-order valence-corrected chi connectivity index (χ1v) is 10.9. The molecule has 0 aromatic carbocycles. The van der Waals surface area contributed by atoms with Gasteiger partial charge in [-0.15, -0.1) is 0 Å². The molecule has 154 valence electrons. The van der Waals surface area contributed by atoms with Gasteiger partial charge in [-0.25, -0.2) is 0 Å². The van der Waals surface area contributed by atoms with Crippen LogP contribution >= 0.6 is 0 Å². The molecule has 1 atom stereocenters. The third-order valence-corrected chi connectivity index (χ3v) is 4.82. The van der Waals surface area contributed by atoms with Crippen molar-refractivity contribution in [3.8, 4) is 0 Å². The fourth-order valence-electron chi connectivity index (χ4n) is 2.86. The van der Waals surface area contributed by atoms with Gasteiger partial charge in [0.1, 0.15) is 0 Å². The SMILES string of the molecule is CCCCCCCCC=CCCCCCCCC(=O)OC(O)(CC)CN. The second-order valence-electron chi connectivity index (χ2n) is 7.31. The van der Waals surface area contributed by atoms with Gasteiger partial charge in [0, 0.05) is 12.8 Å². The highest BCUT2D eigenvalue weighted by atomic mass is 16.7. The molecule has 0 aromatic rings. The maximum absolute atomic E-state index is 11.7. The third kappa shape index (κ3) is 15.4. The molecule has 1 unspecified atom stereocenters. The normalized spacial score (nSPS) is 13.8. The lowest BCUT2D eigenvalue weighted by Crippen LogP contribution is -2.41. The van der Waals surface area contributed by atoms with Crippen molar-refractivity contribution < 1.29 is 14.6 Å². The van der Waals surface area contributed by atoms with E-state index in [0.717, 1.165) is 25.7 Å². The molecule has 0 aromatic heterocycles. The predicted molar refractivity (Wildman–Crippen MR) is 110 cm³/mol. The maximum atomic E-state index is 11.7. The fourth-order valence-corrected chi connectivity index (χ4v) is 2.86. The van der Waals surface area contributed by atoms with Gasteiger partial charge in [-0.1, -0.05) is 77.4 Å². The summed E-state index contributed by atoms with van der Waals surface area (Å²) >= 11 is 0. The summed E-state index contributed by atoms with van der Waals surface area (Å²) in [5.41, 5.74) is 5.42. The van der Waals surface area contributed by atoms with E-state index in [0.29, 0.717) is 12.8 Å². The first-order valence-electron chi connectivity index (χ1n) is 10.9. The number of unbranched alkanes of at least 4 members (excludes halogenated alkanes) is 11. The number of ether oxygens (including phenoxy) is 1. The van der Waals surface area contributed by atoms with E-state index in [4.69, 9.17) is 10.5 Å². The first-order chi connectivity index (χ1) is 12.6.